The molecule has 15 heavy (non-hydrogen) atoms. The molecule has 0 saturated carbocycles. The summed E-state index contributed by atoms with van der Waals surface area (Å²) in [5, 5.41) is 0. The van der Waals surface area contributed by atoms with E-state index in [0.29, 0.717) is 0 Å². The van der Waals surface area contributed by atoms with E-state index in [1.165, 1.54) is 19.3 Å². The van der Waals surface area contributed by atoms with Crippen LogP contribution in [0.5, 0.6) is 0 Å². The molecule has 2 aliphatic rings. The minimum Gasteiger partial charge on any atom is -0.0848 e. The minimum atomic E-state index is 0.805. The Balaban J connectivity index is 2.00. The maximum atomic E-state index is 2.46. The zero-order chi connectivity index (χ0) is 10.3. The fraction of sp³-hybridized carbons (Fsp3) is 0.467. The molecule has 0 aliphatic heterocycles. The predicted molar refractivity (Wildman–Crippen MR) is 63.8 cm³/mol. The van der Waals surface area contributed by atoms with Crippen molar-refractivity contribution in [3.05, 3.63) is 47.5 Å². The van der Waals surface area contributed by atoms with Gasteiger partial charge in [-0.1, -0.05) is 43.3 Å². The van der Waals surface area contributed by atoms with Gasteiger partial charge in [-0.05, 0) is 48.1 Å². The molecule has 0 saturated heterocycles. The molecule has 0 radical (unpaired) electrons. The minimum absolute atomic E-state index is 0.805. The zero-order valence-electron chi connectivity index (χ0n) is 9.32. The number of allylic oxidation sites excluding steroid dienone is 2. The summed E-state index contributed by atoms with van der Waals surface area (Å²) in [5.74, 6) is 2.45. The van der Waals surface area contributed by atoms with E-state index >= 15 is 0 Å². The van der Waals surface area contributed by atoms with Crippen molar-refractivity contribution in [1.29, 1.82) is 0 Å². The Bertz CT molecular complexity index is 389. The Labute approximate surface area is 92.0 Å². The molecule has 78 valence electrons. The summed E-state index contributed by atoms with van der Waals surface area (Å²) in [7, 11) is 0. The molecule has 0 spiro atoms. The van der Waals surface area contributed by atoms with Crippen molar-refractivity contribution in [1.82, 2.24) is 0 Å². The van der Waals surface area contributed by atoms with Crippen LogP contribution in [-0.4, -0.2) is 0 Å². The molecule has 0 N–H and O–H groups in total. The van der Waals surface area contributed by atoms with E-state index in [1.807, 2.05) is 0 Å². The first-order valence-corrected chi connectivity index (χ1v) is 6.08. The highest BCUT2D eigenvalue weighted by molar-refractivity contribution is 5.30. The Morgan fingerprint density at radius 3 is 2.53 bits per heavy atom. The number of hydrogen-bond donors (Lipinski definition) is 0. The third-order valence-corrected chi connectivity index (χ3v) is 4.08. The van der Waals surface area contributed by atoms with Gasteiger partial charge in [0.2, 0.25) is 0 Å². The Hall–Kier alpha value is -1.04. The fourth-order valence-corrected chi connectivity index (χ4v) is 3.12. The molecular formula is C15H18. The van der Waals surface area contributed by atoms with Gasteiger partial charge in [-0.3, -0.25) is 0 Å². The first-order valence-electron chi connectivity index (χ1n) is 6.08. The molecule has 0 amide bonds. The topological polar surface area (TPSA) is 0 Å². The van der Waals surface area contributed by atoms with Gasteiger partial charge >= 0.3 is 0 Å². The van der Waals surface area contributed by atoms with Crippen LogP contribution in [0, 0.1) is 17.8 Å². The van der Waals surface area contributed by atoms with E-state index < -0.39 is 0 Å². The fourth-order valence-electron chi connectivity index (χ4n) is 3.12. The van der Waals surface area contributed by atoms with Crippen LogP contribution < -0.4 is 0 Å². The molecule has 1 aromatic carbocycles. The van der Waals surface area contributed by atoms with Crippen molar-refractivity contribution >= 4 is 0 Å². The average molecular weight is 198 g/mol. The zero-order valence-corrected chi connectivity index (χ0v) is 9.32. The van der Waals surface area contributed by atoms with Gasteiger partial charge in [-0.15, -0.1) is 0 Å². The van der Waals surface area contributed by atoms with Gasteiger partial charge in [0.1, 0.15) is 0 Å². The molecule has 3 rings (SSSR count). The molecule has 2 bridgehead atoms. The van der Waals surface area contributed by atoms with E-state index in [2.05, 4.69) is 43.3 Å². The summed E-state index contributed by atoms with van der Waals surface area (Å²) in [4.78, 5) is 0. The standard InChI is InChI=1S/C15H18/c1-11-8-14-4-2-3-5-15(14)10-12-6-7-13(11)9-12/h2-7,11-13H,8-10H2,1H3. The van der Waals surface area contributed by atoms with Crippen molar-refractivity contribution < 1.29 is 0 Å². The van der Waals surface area contributed by atoms with E-state index in [0.717, 1.165) is 17.8 Å². The van der Waals surface area contributed by atoms with Crippen molar-refractivity contribution in [3.8, 4) is 0 Å². The Morgan fingerprint density at radius 1 is 1.00 bits per heavy atom. The lowest BCUT2D eigenvalue weighted by Gasteiger charge is -2.24. The first-order chi connectivity index (χ1) is 7.33. The maximum Gasteiger partial charge on any atom is -0.0187 e. The summed E-state index contributed by atoms with van der Waals surface area (Å²) >= 11 is 0. The second-order valence-corrected chi connectivity index (χ2v) is 5.20. The maximum absolute atomic E-state index is 2.46. The van der Waals surface area contributed by atoms with Gasteiger partial charge in [0.05, 0.1) is 0 Å². The second kappa shape index (κ2) is 3.52. The number of benzene rings is 1. The lowest BCUT2D eigenvalue weighted by Crippen LogP contribution is -2.16. The lowest BCUT2D eigenvalue weighted by molar-refractivity contribution is 0.373. The molecule has 0 fully saturated rings. The van der Waals surface area contributed by atoms with E-state index in [1.54, 1.807) is 11.1 Å². The molecule has 0 heteroatoms. The van der Waals surface area contributed by atoms with Crippen LogP contribution in [0.2, 0.25) is 0 Å². The SMILES string of the molecule is CC1Cc2ccccc2CC2C=CC1C2. The van der Waals surface area contributed by atoms with Crippen LogP contribution in [0.1, 0.15) is 24.5 Å². The number of rotatable bonds is 0. The Kier molecular flexibility index (Phi) is 2.16. The number of hydrogen-bond acceptors (Lipinski definition) is 0. The third-order valence-electron chi connectivity index (χ3n) is 4.08. The van der Waals surface area contributed by atoms with Gasteiger partial charge < -0.3 is 0 Å². The molecule has 3 unspecified atom stereocenters. The van der Waals surface area contributed by atoms with Gasteiger partial charge in [-0.25, -0.2) is 0 Å². The Morgan fingerprint density at radius 2 is 1.73 bits per heavy atom. The van der Waals surface area contributed by atoms with Crippen LogP contribution in [0.15, 0.2) is 36.4 Å². The van der Waals surface area contributed by atoms with E-state index in [9.17, 15) is 0 Å². The summed E-state index contributed by atoms with van der Waals surface area (Å²) < 4.78 is 0. The van der Waals surface area contributed by atoms with Crippen molar-refractivity contribution in [2.24, 2.45) is 17.8 Å². The highest BCUT2D eigenvalue weighted by atomic mass is 14.3. The molecular weight excluding hydrogens is 180 g/mol. The summed E-state index contributed by atoms with van der Waals surface area (Å²) in [5.41, 5.74) is 3.17. The van der Waals surface area contributed by atoms with Gasteiger partial charge in [0.25, 0.3) is 0 Å². The van der Waals surface area contributed by atoms with Crippen molar-refractivity contribution in [3.63, 3.8) is 0 Å². The predicted octanol–water partition coefficient (Wildman–Crippen LogP) is 3.61. The molecule has 2 aliphatic carbocycles. The molecule has 0 nitrogen and oxygen atoms in total. The summed E-state index contributed by atoms with van der Waals surface area (Å²) in [6.07, 6.45) is 8.81. The molecule has 0 aromatic heterocycles. The monoisotopic (exact) mass is 198 g/mol. The second-order valence-electron chi connectivity index (χ2n) is 5.20. The van der Waals surface area contributed by atoms with Gasteiger partial charge in [0.15, 0.2) is 0 Å². The average Bonchev–Trinajstić information content (AvgIpc) is 2.69. The summed E-state index contributed by atoms with van der Waals surface area (Å²) in [6.45, 7) is 2.40. The van der Waals surface area contributed by atoms with E-state index in [4.69, 9.17) is 0 Å². The largest absolute Gasteiger partial charge is 0.0848 e. The smallest absolute Gasteiger partial charge is 0.0187 e. The normalized spacial score (nSPS) is 33.3. The third kappa shape index (κ3) is 1.62. The number of fused-ring (bicyclic) bond motifs is 3. The van der Waals surface area contributed by atoms with Crippen LogP contribution >= 0.6 is 0 Å². The van der Waals surface area contributed by atoms with Crippen molar-refractivity contribution in [2.45, 2.75) is 26.2 Å². The lowest BCUT2D eigenvalue weighted by atomic mass is 9.80. The highest BCUT2D eigenvalue weighted by Crippen LogP contribution is 2.36. The van der Waals surface area contributed by atoms with Gasteiger partial charge in [-0.2, -0.15) is 0 Å². The van der Waals surface area contributed by atoms with Gasteiger partial charge in [0, 0.05) is 0 Å². The van der Waals surface area contributed by atoms with Crippen LogP contribution in [0.4, 0.5) is 0 Å². The first kappa shape index (κ1) is 9.21. The highest BCUT2D eigenvalue weighted by Gasteiger charge is 2.27. The van der Waals surface area contributed by atoms with Crippen molar-refractivity contribution in [2.75, 3.05) is 0 Å². The van der Waals surface area contributed by atoms with Crippen LogP contribution in [-0.2, 0) is 12.8 Å². The molecule has 0 heterocycles. The van der Waals surface area contributed by atoms with E-state index in [-0.39, 0.29) is 0 Å². The molecule has 1 aromatic rings. The summed E-state index contributed by atoms with van der Waals surface area (Å²) in [6, 6.07) is 8.99. The molecule has 3 atom stereocenters. The van der Waals surface area contributed by atoms with Crippen LogP contribution in [0.25, 0.3) is 0 Å². The quantitative estimate of drug-likeness (QED) is 0.559. The van der Waals surface area contributed by atoms with Crippen LogP contribution in [0.3, 0.4) is 0 Å².